The van der Waals surface area contributed by atoms with Crippen molar-refractivity contribution in [1.82, 2.24) is 0 Å². The van der Waals surface area contributed by atoms with E-state index in [1.165, 1.54) is 0 Å². The van der Waals surface area contributed by atoms with Gasteiger partial charge in [0.1, 0.15) is 0 Å². The van der Waals surface area contributed by atoms with E-state index in [4.69, 9.17) is 21.8 Å². The van der Waals surface area contributed by atoms with Crippen LogP contribution in [0.2, 0.25) is 64.0 Å². The lowest BCUT2D eigenvalue weighted by Gasteiger charge is -2.42. The van der Waals surface area contributed by atoms with Crippen LogP contribution in [0.15, 0.2) is 98.1 Å². The molecule has 0 radical (unpaired) electrons. The summed E-state index contributed by atoms with van der Waals surface area (Å²) < 4.78 is 71.9. The van der Waals surface area contributed by atoms with Gasteiger partial charge in [-0.25, -0.2) is 9.59 Å². The highest BCUT2D eigenvalue weighted by Crippen LogP contribution is 2.29. The molecule has 0 heterocycles. The number of hydrogen-bond acceptors (Lipinski definition) is 9. The standard InChI is InChI=1S/C17H44O5Si4.2C6H6.2C5H8O2.C3H5F3.14CH4/c1-11-23(4,5)20-25(8,9)22-26(10,21-24(6,7)12-2)17-13-14-19-16-15-18-3;2*1-2-4-6-5-3-1;2*1-3-5(6)7-4-2;1-2-3(4,5)6;;;;;;;;;;;;;;/h11-17H2,1-10H3;2*1-6H;2*3H,1,4H2,2H3;2H2,1H3;14*1H4. The van der Waals surface area contributed by atoms with Gasteiger partial charge >= 0.3 is 35.2 Å². The Hall–Kier alpha value is -2.68. The molecule has 2 rings (SSSR count). The van der Waals surface area contributed by atoms with Crippen molar-refractivity contribution in [3.8, 4) is 0 Å². The molecule has 9 nitrogen and oxygen atoms in total. The van der Waals surface area contributed by atoms with Crippen LogP contribution in [0.4, 0.5) is 13.2 Å². The lowest BCUT2D eigenvalue weighted by atomic mass is 10.4. The van der Waals surface area contributed by atoms with E-state index in [2.05, 4.69) is 82.3 Å². The van der Waals surface area contributed by atoms with Crippen molar-refractivity contribution >= 4 is 45.7 Å². The fourth-order valence-electron chi connectivity index (χ4n) is 3.97. The first kappa shape index (κ1) is 123. The number of carbonyl (C=O) groups is 2. The third-order valence-electron chi connectivity index (χ3n) is 7.17. The Balaban J connectivity index is -0.0000000333. The number of hydrogen-bond donors (Lipinski definition) is 0. The van der Waals surface area contributed by atoms with Crippen molar-refractivity contribution in [2.24, 2.45) is 0 Å². The lowest BCUT2D eigenvalue weighted by molar-refractivity contribution is -0.138. The van der Waals surface area contributed by atoms with Gasteiger partial charge in [-0.15, -0.1) is 0 Å². The summed E-state index contributed by atoms with van der Waals surface area (Å²) in [5, 5.41) is 0. The molecule has 0 bridgehead atoms. The Labute approximate surface area is 457 Å². The Morgan fingerprint density at radius 3 is 0.972 bits per heavy atom. The van der Waals surface area contributed by atoms with Crippen molar-refractivity contribution in [3.63, 3.8) is 0 Å². The van der Waals surface area contributed by atoms with Crippen LogP contribution in [0, 0.1) is 0 Å². The number of ether oxygens (including phenoxy) is 4. The number of esters is 2. The van der Waals surface area contributed by atoms with Crippen molar-refractivity contribution in [2.45, 2.75) is 222 Å². The summed E-state index contributed by atoms with van der Waals surface area (Å²) in [6.07, 6.45) is -1.44. The Kier molecular flexibility index (Phi) is 128. The number of benzene rings is 2. The molecule has 0 amide bonds. The van der Waals surface area contributed by atoms with Crippen LogP contribution in [0.3, 0.4) is 0 Å². The zero-order valence-corrected chi connectivity index (χ0v) is 41.9. The molecule has 16 heteroatoms. The number of halogens is 3. The molecule has 72 heavy (non-hydrogen) atoms. The molecule has 1 atom stereocenters. The molecule has 0 aliphatic heterocycles. The molecule has 2 aromatic carbocycles. The number of alkyl halides is 3. The molecule has 0 saturated heterocycles. The zero-order valence-electron chi connectivity index (χ0n) is 37.9. The van der Waals surface area contributed by atoms with Crippen LogP contribution < -0.4 is 0 Å². The molecule has 1 unspecified atom stereocenters. The number of rotatable bonds is 19. The monoisotopic (exact) mass is 1120 g/mol. The van der Waals surface area contributed by atoms with Gasteiger partial charge in [0.15, 0.2) is 16.6 Å². The molecule has 0 aliphatic carbocycles. The summed E-state index contributed by atoms with van der Waals surface area (Å²) in [7, 11) is -6.21. The summed E-state index contributed by atoms with van der Waals surface area (Å²) in [5.41, 5.74) is 0. The SMILES string of the molecule is C.C.C.C.C.C.C.C.C.C.C.C.C.C.C=CC(=O)OCC.C=CC(=O)OCC.CCC(F)(F)F.CC[Si](C)(C)O[Si](C)(C)O[Si](C)(CCCOCCOC)O[Si](C)(C)CC.c1ccccc1.c1ccccc1. The predicted octanol–water partition coefficient (Wildman–Crippen LogP) is 21.0. The minimum absolute atomic E-state index is 0. The zero-order chi connectivity index (χ0) is 45.6. The van der Waals surface area contributed by atoms with E-state index in [-0.39, 0.29) is 116 Å². The van der Waals surface area contributed by atoms with Crippen LogP contribution in [-0.4, -0.2) is 92.0 Å². The maximum absolute atomic E-state index is 10.8. The average Bonchev–Trinajstić information content (AvgIpc) is 3.17. The quantitative estimate of drug-likeness (QED) is 0.0589. The molecule has 0 aromatic heterocycles. The molecule has 0 saturated carbocycles. The maximum Gasteiger partial charge on any atom is 0.388 e. The molecule has 448 valence electrons. The van der Waals surface area contributed by atoms with Crippen molar-refractivity contribution in [2.75, 3.05) is 40.1 Å². The Morgan fingerprint density at radius 2 is 0.764 bits per heavy atom. The summed E-state index contributed by atoms with van der Waals surface area (Å²) in [4.78, 5) is 20.1. The van der Waals surface area contributed by atoms with Crippen LogP contribution in [0.25, 0.3) is 0 Å². The van der Waals surface area contributed by atoms with Crippen molar-refractivity contribution in [1.29, 1.82) is 0 Å². The van der Waals surface area contributed by atoms with E-state index in [0.29, 0.717) is 26.4 Å². The molecule has 2 aromatic rings. The molecule has 0 fully saturated rings. The van der Waals surface area contributed by atoms with Gasteiger partial charge in [0.2, 0.25) is 0 Å². The Morgan fingerprint density at radius 1 is 0.486 bits per heavy atom. The highest BCUT2D eigenvalue weighted by molar-refractivity contribution is 6.89. The molecule has 0 N–H and O–H groups in total. The van der Waals surface area contributed by atoms with Crippen molar-refractivity contribution < 1.29 is 54.1 Å². The van der Waals surface area contributed by atoms with Gasteiger partial charge in [0, 0.05) is 32.3 Å². The van der Waals surface area contributed by atoms with Gasteiger partial charge in [-0.2, -0.15) is 13.2 Å². The van der Waals surface area contributed by atoms with Gasteiger partial charge in [-0.05, 0) is 84.2 Å². The van der Waals surface area contributed by atoms with Gasteiger partial charge in [0.05, 0.1) is 26.4 Å². The maximum atomic E-state index is 10.8. The average molecular weight is 1120 g/mol. The highest BCUT2D eigenvalue weighted by atomic mass is 28.5. The Bertz CT molecular complexity index is 1160. The first-order valence-corrected chi connectivity index (χ1v) is 31.4. The van der Waals surface area contributed by atoms with Gasteiger partial charge in [0.25, 0.3) is 0 Å². The lowest BCUT2D eigenvalue weighted by Crippen LogP contribution is -2.57. The van der Waals surface area contributed by atoms with Gasteiger partial charge < -0.3 is 31.3 Å². The van der Waals surface area contributed by atoms with Crippen LogP contribution >= 0.6 is 0 Å². The second-order valence-corrected chi connectivity index (χ2v) is 30.4. The van der Waals surface area contributed by atoms with Crippen LogP contribution in [0.1, 0.15) is 151 Å². The summed E-state index contributed by atoms with van der Waals surface area (Å²) in [6, 6.07) is 27.2. The van der Waals surface area contributed by atoms with E-state index in [1.807, 2.05) is 72.8 Å². The molecular formula is C56H133F3O9Si4. The highest BCUT2D eigenvalue weighted by Gasteiger charge is 2.45. The van der Waals surface area contributed by atoms with E-state index < -0.39 is 46.4 Å². The molecular weight excluding hydrogens is 986 g/mol. The normalized spacial score (nSPS) is 9.56. The van der Waals surface area contributed by atoms with E-state index in [1.54, 1.807) is 21.0 Å². The second kappa shape index (κ2) is 74.8. The predicted molar refractivity (Wildman–Crippen MR) is 338 cm³/mol. The topological polar surface area (TPSA) is 98.8 Å². The molecule has 0 aliphatic rings. The van der Waals surface area contributed by atoms with E-state index in [0.717, 1.165) is 50.2 Å². The van der Waals surface area contributed by atoms with Gasteiger partial charge in [-0.3, -0.25) is 0 Å². The minimum atomic E-state index is -3.96. The molecule has 0 spiro atoms. The van der Waals surface area contributed by atoms with Crippen LogP contribution in [-0.2, 0) is 40.9 Å². The first-order chi connectivity index (χ1) is 27.0. The number of carbonyl (C=O) groups excluding carboxylic acids is 2. The first-order valence-electron chi connectivity index (χ1n) is 19.8. The largest absolute Gasteiger partial charge is 0.463 e. The number of methoxy groups -OCH3 is 1. The second-order valence-electron chi connectivity index (χ2n) is 14.0. The van der Waals surface area contributed by atoms with E-state index >= 15 is 0 Å². The van der Waals surface area contributed by atoms with Gasteiger partial charge in [-0.1, -0.05) is 211 Å². The fraction of sp³-hybridized carbons (Fsp3) is 0.679. The smallest absolute Gasteiger partial charge is 0.388 e. The summed E-state index contributed by atoms with van der Waals surface area (Å²) in [5.74, 6) is -0.718. The minimum Gasteiger partial charge on any atom is -0.463 e. The summed E-state index contributed by atoms with van der Waals surface area (Å²) >= 11 is 0. The van der Waals surface area contributed by atoms with E-state index in [9.17, 15) is 22.8 Å². The van der Waals surface area contributed by atoms with Crippen LogP contribution in [0.5, 0.6) is 0 Å². The third-order valence-corrected chi connectivity index (χ3v) is 23.6. The third kappa shape index (κ3) is 96.8. The van der Waals surface area contributed by atoms with Crippen molar-refractivity contribution in [3.05, 3.63) is 98.1 Å². The summed E-state index contributed by atoms with van der Waals surface area (Å²) in [6.45, 7) is 34.0. The fourth-order valence-corrected chi connectivity index (χ4v) is 22.0.